The van der Waals surface area contributed by atoms with Crippen LogP contribution in [0.5, 0.6) is 5.75 Å². The van der Waals surface area contributed by atoms with E-state index in [0.29, 0.717) is 12.1 Å². The number of carboxylic acids is 1. The molecule has 0 saturated heterocycles. The van der Waals surface area contributed by atoms with E-state index in [1.165, 1.54) is 6.92 Å². The van der Waals surface area contributed by atoms with Crippen molar-refractivity contribution in [3.05, 3.63) is 29.6 Å². The zero-order valence-electron chi connectivity index (χ0n) is 9.26. The maximum atomic E-state index is 12.9. The van der Waals surface area contributed by atoms with Crippen LogP contribution in [0, 0.1) is 17.5 Å². The lowest BCUT2D eigenvalue weighted by Crippen LogP contribution is -2.40. The number of halogens is 3. The van der Waals surface area contributed by atoms with Gasteiger partial charge in [0.05, 0.1) is 0 Å². The van der Waals surface area contributed by atoms with E-state index in [-0.39, 0.29) is 12.2 Å². The first-order valence-corrected chi connectivity index (χ1v) is 4.87. The van der Waals surface area contributed by atoms with Gasteiger partial charge in [-0.05, 0) is 13.3 Å². The van der Waals surface area contributed by atoms with E-state index >= 15 is 0 Å². The molecule has 1 atom stereocenters. The summed E-state index contributed by atoms with van der Waals surface area (Å²) in [6.07, 6.45) is 0.0863. The van der Waals surface area contributed by atoms with Crippen molar-refractivity contribution in [3.8, 4) is 5.75 Å². The smallest absolute Gasteiger partial charge is 0.347 e. The second kappa shape index (κ2) is 4.65. The zero-order valence-corrected chi connectivity index (χ0v) is 9.26. The lowest BCUT2D eigenvalue weighted by Gasteiger charge is -2.24. The average molecular weight is 248 g/mol. The maximum Gasteiger partial charge on any atom is 0.347 e. The molecular formula is C11H11F3O3. The number of carbonyl (C=O) groups is 1. The highest BCUT2D eigenvalue weighted by molar-refractivity contribution is 5.77. The van der Waals surface area contributed by atoms with Gasteiger partial charge in [-0.15, -0.1) is 0 Å². The van der Waals surface area contributed by atoms with Crippen LogP contribution in [0.2, 0.25) is 0 Å². The lowest BCUT2D eigenvalue weighted by molar-refractivity contribution is -0.154. The molecule has 1 rings (SSSR count). The first-order valence-electron chi connectivity index (χ1n) is 4.87. The van der Waals surface area contributed by atoms with E-state index in [1.807, 2.05) is 0 Å². The summed E-state index contributed by atoms with van der Waals surface area (Å²) in [6, 6.07) is 1.21. The minimum absolute atomic E-state index is 0.0863. The molecule has 1 aromatic carbocycles. The van der Waals surface area contributed by atoms with E-state index in [1.54, 1.807) is 6.92 Å². The van der Waals surface area contributed by atoms with Crippen molar-refractivity contribution in [1.82, 2.24) is 0 Å². The van der Waals surface area contributed by atoms with Crippen LogP contribution in [0.4, 0.5) is 13.2 Å². The van der Waals surface area contributed by atoms with Gasteiger partial charge < -0.3 is 9.84 Å². The normalized spacial score (nSPS) is 14.2. The van der Waals surface area contributed by atoms with Crippen LogP contribution < -0.4 is 4.74 Å². The highest BCUT2D eigenvalue weighted by Gasteiger charge is 2.34. The Hall–Kier alpha value is -1.72. The van der Waals surface area contributed by atoms with Crippen molar-refractivity contribution in [2.24, 2.45) is 0 Å². The molecule has 3 nitrogen and oxygen atoms in total. The summed E-state index contributed by atoms with van der Waals surface area (Å²) in [5.74, 6) is -6.11. The topological polar surface area (TPSA) is 46.5 Å². The fourth-order valence-electron chi connectivity index (χ4n) is 1.12. The van der Waals surface area contributed by atoms with Crippen LogP contribution in [0.15, 0.2) is 12.1 Å². The molecule has 0 aromatic heterocycles. The molecule has 0 amide bonds. The van der Waals surface area contributed by atoms with Gasteiger partial charge in [-0.25, -0.2) is 18.0 Å². The Kier molecular flexibility index (Phi) is 3.65. The summed E-state index contributed by atoms with van der Waals surface area (Å²) in [5, 5.41) is 8.90. The van der Waals surface area contributed by atoms with Crippen LogP contribution in [-0.4, -0.2) is 16.7 Å². The summed E-state index contributed by atoms with van der Waals surface area (Å²) in [6.45, 7) is 2.80. The third kappa shape index (κ3) is 2.69. The summed E-state index contributed by atoms with van der Waals surface area (Å²) in [7, 11) is 0. The van der Waals surface area contributed by atoms with Gasteiger partial charge in [-0.3, -0.25) is 0 Å². The molecule has 0 aliphatic rings. The Balaban J connectivity index is 3.07. The molecule has 0 saturated carbocycles. The zero-order chi connectivity index (χ0) is 13.2. The minimum Gasteiger partial charge on any atom is -0.478 e. The number of aliphatic carboxylic acids is 1. The van der Waals surface area contributed by atoms with Crippen LogP contribution in [0.25, 0.3) is 0 Å². The fourth-order valence-corrected chi connectivity index (χ4v) is 1.12. The Morgan fingerprint density at radius 2 is 1.82 bits per heavy atom. The highest BCUT2D eigenvalue weighted by Crippen LogP contribution is 2.25. The molecule has 17 heavy (non-hydrogen) atoms. The second-order valence-electron chi connectivity index (χ2n) is 3.69. The van der Waals surface area contributed by atoms with E-state index in [9.17, 15) is 18.0 Å². The van der Waals surface area contributed by atoms with Crippen molar-refractivity contribution in [3.63, 3.8) is 0 Å². The van der Waals surface area contributed by atoms with Crippen molar-refractivity contribution < 1.29 is 27.8 Å². The molecule has 6 heteroatoms. The fraction of sp³-hybridized carbons (Fsp3) is 0.364. The van der Waals surface area contributed by atoms with Gasteiger partial charge in [0, 0.05) is 12.1 Å². The van der Waals surface area contributed by atoms with Crippen molar-refractivity contribution in [2.45, 2.75) is 25.9 Å². The molecule has 0 spiro atoms. The van der Waals surface area contributed by atoms with Gasteiger partial charge in [0.15, 0.2) is 17.5 Å². The van der Waals surface area contributed by atoms with Gasteiger partial charge in [0.25, 0.3) is 0 Å². The first-order chi connectivity index (χ1) is 7.80. The second-order valence-corrected chi connectivity index (χ2v) is 3.69. The van der Waals surface area contributed by atoms with E-state index < -0.39 is 29.0 Å². The predicted molar refractivity (Wildman–Crippen MR) is 53.3 cm³/mol. The monoisotopic (exact) mass is 248 g/mol. The summed E-state index contributed by atoms with van der Waals surface area (Å²) >= 11 is 0. The van der Waals surface area contributed by atoms with Gasteiger partial charge >= 0.3 is 5.97 Å². The first kappa shape index (κ1) is 13.3. The lowest BCUT2D eigenvalue weighted by atomic mass is 10.0. The van der Waals surface area contributed by atoms with Gasteiger partial charge in [-0.2, -0.15) is 0 Å². The highest BCUT2D eigenvalue weighted by atomic mass is 19.2. The molecule has 1 N–H and O–H groups in total. The quantitative estimate of drug-likeness (QED) is 0.833. The van der Waals surface area contributed by atoms with Crippen LogP contribution in [0.3, 0.4) is 0 Å². The molecule has 0 heterocycles. The SMILES string of the molecule is CCC(C)(Oc1cc(F)c(F)c(F)c1)C(=O)O. The Bertz CT molecular complexity index is 425. The standard InChI is InChI=1S/C11H11F3O3/c1-3-11(2,10(15)16)17-6-4-7(12)9(14)8(13)5-6/h4-5H,3H2,1-2H3,(H,15,16). The van der Waals surface area contributed by atoms with Gasteiger partial charge in [-0.1, -0.05) is 6.92 Å². The largest absolute Gasteiger partial charge is 0.478 e. The minimum atomic E-state index is -1.62. The van der Waals surface area contributed by atoms with E-state index in [0.717, 1.165) is 0 Å². The summed E-state index contributed by atoms with van der Waals surface area (Å²) in [5.41, 5.74) is -1.61. The van der Waals surface area contributed by atoms with Crippen molar-refractivity contribution >= 4 is 5.97 Å². The summed E-state index contributed by atoms with van der Waals surface area (Å²) in [4.78, 5) is 10.9. The molecular weight excluding hydrogens is 237 g/mol. The number of ether oxygens (including phenoxy) is 1. The molecule has 0 aliphatic heterocycles. The van der Waals surface area contributed by atoms with Gasteiger partial charge in [0.1, 0.15) is 5.75 Å². The Morgan fingerprint density at radius 3 is 2.18 bits per heavy atom. The Morgan fingerprint density at radius 1 is 1.35 bits per heavy atom. The maximum absolute atomic E-state index is 12.9. The number of rotatable bonds is 4. The van der Waals surface area contributed by atoms with E-state index in [2.05, 4.69) is 0 Å². The average Bonchev–Trinajstić information content (AvgIpc) is 2.25. The molecule has 0 radical (unpaired) electrons. The van der Waals surface area contributed by atoms with Crippen molar-refractivity contribution in [2.75, 3.05) is 0 Å². The number of benzene rings is 1. The number of hydrogen-bond donors (Lipinski definition) is 1. The number of hydrogen-bond acceptors (Lipinski definition) is 2. The molecule has 0 fully saturated rings. The Labute approximate surface area is 95.8 Å². The third-order valence-corrected chi connectivity index (χ3v) is 2.43. The van der Waals surface area contributed by atoms with Crippen molar-refractivity contribution in [1.29, 1.82) is 0 Å². The molecule has 1 aromatic rings. The summed E-state index contributed by atoms with van der Waals surface area (Å²) < 4.78 is 43.4. The molecule has 1 unspecified atom stereocenters. The predicted octanol–water partition coefficient (Wildman–Crippen LogP) is 2.74. The molecule has 0 bridgehead atoms. The number of carboxylic acid groups (broad SMARTS) is 1. The molecule has 0 aliphatic carbocycles. The third-order valence-electron chi connectivity index (χ3n) is 2.43. The van der Waals surface area contributed by atoms with Crippen LogP contribution >= 0.6 is 0 Å². The van der Waals surface area contributed by atoms with Crippen LogP contribution in [0.1, 0.15) is 20.3 Å². The van der Waals surface area contributed by atoms with E-state index in [4.69, 9.17) is 9.84 Å². The van der Waals surface area contributed by atoms with Gasteiger partial charge in [0.2, 0.25) is 5.60 Å². The molecule has 94 valence electrons. The van der Waals surface area contributed by atoms with Crippen LogP contribution in [-0.2, 0) is 4.79 Å².